The van der Waals surface area contributed by atoms with Crippen LogP contribution >= 0.6 is 0 Å². The first-order valence-corrected chi connectivity index (χ1v) is 9.92. The fourth-order valence-corrected chi connectivity index (χ4v) is 4.45. The Morgan fingerprint density at radius 2 is 1.92 bits per heavy atom. The molecule has 0 saturated carbocycles. The molecule has 0 amide bonds. The number of benzene rings is 1. The van der Waals surface area contributed by atoms with Crippen molar-refractivity contribution >= 4 is 11.5 Å². The van der Waals surface area contributed by atoms with Gasteiger partial charge >= 0.3 is 0 Å². The van der Waals surface area contributed by atoms with Crippen LogP contribution < -0.4 is 10.2 Å². The van der Waals surface area contributed by atoms with E-state index in [2.05, 4.69) is 64.5 Å². The highest BCUT2D eigenvalue weighted by molar-refractivity contribution is 5.85. The lowest BCUT2D eigenvalue weighted by Crippen LogP contribution is -2.47. The summed E-state index contributed by atoms with van der Waals surface area (Å²) in [5.41, 5.74) is 3.86. The summed E-state index contributed by atoms with van der Waals surface area (Å²) in [6, 6.07) is 10.6. The normalized spacial score (nSPS) is 26.0. The number of nitrogens with zero attached hydrogens (tertiary/aromatic N) is 2. The molecule has 1 N–H and O–H groups in total. The summed E-state index contributed by atoms with van der Waals surface area (Å²) in [4.78, 5) is 17.8. The van der Waals surface area contributed by atoms with E-state index in [1.807, 2.05) is 0 Å². The number of allylic oxidation sites excluding steroid dienone is 3. The van der Waals surface area contributed by atoms with Crippen LogP contribution in [0, 0.1) is 11.8 Å². The number of para-hydroxylation sites is 1. The molecule has 4 heteroatoms. The lowest BCUT2D eigenvalue weighted by atomic mass is 9.80. The molecule has 0 spiro atoms. The minimum absolute atomic E-state index is 0.0445. The van der Waals surface area contributed by atoms with Gasteiger partial charge in [-0.25, -0.2) is 0 Å². The number of piperazine rings is 1. The van der Waals surface area contributed by atoms with Crippen molar-refractivity contribution in [2.24, 2.45) is 11.8 Å². The first kappa shape index (κ1) is 17.3. The van der Waals surface area contributed by atoms with Gasteiger partial charge in [0.1, 0.15) is 5.78 Å². The molecule has 138 valence electrons. The minimum atomic E-state index is 0.0445. The van der Waals surface area contributed by atoms with E-state index in [0.29, 0.717) is 18.1 Å². The van der Waals surface area contributed by atoms with Gasteiger partial charge in [0.05, 0.1) is 5.92 Å². The van der Waals surface area contributed by atoms with E-state index in [1.165, 1.54) is 17.0 Å². The number of nitrogens with one attached hydrogen (secondary N) is 1. The van der Waals surface area contributed by atoms with Gasteiger partial charge in [-0.2, -0.15) is 0 Å². The lowest BCUT2D eigenvalue weighted by Gasteiger charge is -2.36. The van der Waals surface area contributed by atoms with Crippen LogP contribution in [0.4, 0.5) is 5.69 Å². The average molecular weight is 351 g/mol. The summed E-state index contributed by atoms with van der Waals surface area (Å²) in [5.74, 6) is 0.749. The summed E-state index contributed by atoms with van der Waals surface area (Å²) in [6.07, 6.45) is 6.15. The van der Waals surface area contributed by atoms with E-state index in [0.717, 1.165) is 45.7 Å². The highest BCUT2D eigenvalue weighted by Crippen LogP contribution is 2.34. The number of carbonyl (C=O) groups excluding carboxylic acids is 1. The Hall–Kier alpha value is -2.07. The molecule has 0 radical (unpaired) electrons. The second kappa shape index (κ2) is 7.67. The number of hydrogen-bond donors (Lipinski definition) is 1. The molecule has 4 nitrogen and oxygen atoms in total. The van der Waals surface area contributed by atoms with Gasteiger partial charge in [0.25, 0.3) is 0 Å². The van der Waals surface area contributed by atoms with Gasteiger partial charge in [-0.1, -0.05) is 37.3 Å². The molecule has 1 aliphatic carbocycles. The van der Waals surface area contributed by atoms with Crippen molar-refractivity contribution in [2.75, 3.05) is 44.2 Å². The van der Waals surface area contributed by atoms with Gasteiger partial charge < -0.3 is 10.2 Å². The SMILES string of the molecule is CC1C=CC2=C(NCC2)C1C(=O)CCN1CCN(c2ccccc2)CC1. The fourth-order valence-electron chi connectivity index (χ4n) is 4.45. The van der Waals surface area contributed by atoms with Crippen molar-refractivity contribution in [2.45, 2.75) is 19.8 Å². The maximum Gasteiger partial charge on any atom is 0.143 e. The van der Waals surface area contributed by atoms with Crippen molar-refractivity contribution in [1.82, 2.24) is 10.2 Å². The molecule has 26 heavy (non-hydrogen) atoms. The third kappa shape index (κ3) is 3.56. The van der Waals surface area contributed by atoms with Gasteiger partial charge in [0.2, 0.25) is 0 Å². The van der Waals surface area contributed by atoms with E-state index < -0.39 is 0 Å². The maximum absolute atomic E-state index is 12.9. The molecule has 4 rings (SSSR count). The van der Waals surface area contributed by atoms with E-state index in [1.54, 1.807) is 0 Å². The summed E-state index contributed by atoms with van der Waals surface area (Å²) < 4.78 is 0. The Bertz CT molecular complexity index is 701. The number of carbonyl (C=O) groups is 1. The van der Waals surface area contributed by atoms with E-state index in [4.69, 9.17) is 0 Å². The van der Waals surface area contributed by atoms with Crippen LogP contribution in [0.5, 0.6) is 0 Å². The Balaban J connectivity index is 1.28. The summed E-state index contributed by atoms with van der Waals surface area (Å²) in [7, 11) is 0. The topological polar surface area (TPSA) is 35.6 Å². The van der Waals surface area contributed by atoms with Gasteiger partial charge in [-0.3, -0.25) is 9.69 Å². The molecule has 2 atom stereocenters. The van der Waals surface area contributed by atoms with Crippen LogP contribution in [0.2, 0.25) is 0 Å². The quantitative estimate of drug-likeness (QED) is 0.885. The monoisotopic (exact) mass is 351 g/mol. The van der Waals surface area contributed by atoms with Crippen LogP contribution in [0.15, 0.2) is 53.8 Å². The minimum Gasteiger partial charge on any atom is -0.387 e. The second-order valence-corrected chi connectivity index (χ2v) is 7.69. The summed E-state index contributed by atoms with van der Waals surface area (Å²) >= 11 is 0. The smallest absolute Gasteiger partial charge is 0.143 e. The van der Waals surface area contributed by atoms with E-state index in [-0.39, 0.29) is 5.92 Å². The molecule has 2 unspecified atom stereocenters. The van der Waals surface area contributed by atoms with Crippen LogP contribution in [-0.4, -0.2) is 50.0 Å². The standard InChI is InChI=1S/C22H29N3O/c1-17-7-8-18-9-11-23-22(18)21(17)20(26)10-12-24-13-15-25(16-14-24)19-5-3-2-4-6-19/h2-8,17,21,23H,9-16H2,1H3. The molecule has 3 aliphatic rings. The molecular weight excluding hydrogens is 322 g/mol. The predicted molar refractivity (Wildman–Crippen MR) is 106 cm³/mol. The zero-order chi connectivity index (χ0) is 17.9. The highest BCUT2D eigenvalue weighted by atomic mass is 16.1. The van der Waals surface area contributed by atoms with Crippen molar-refractivity contribution in [1.29, 1.82) is 0 Å². The number of anilines is 1. The summed E-state index contributed by atoms with van der Waals surface area (Å²) in [5, 5.41) is 3.47. The van der Waals surface area contributed by atoms with Crippen molar-refractivity contribution in [3.8, 4) is 0 Å². The molecule has 2 aliphatic heterocycles. The molecule has 0 aromatic heterocycles. The summed E-state index contributed by atoms with van der Waals surface area (Å²) in [6.45, 7) is 8.18. The van der Waals surface area contributed by atoms with Gasteiger partial charge in [0, 0.05) is 57.1 Å². The van der Waals surface area contributed by atoms with Gasteiger partial charge in [-0.05, 0) is 30.0 Å². The van der Waals surface area contributed by atoms with Crippen LogP contribution in [0.3, 0.4) is 0 Å². The first-order valence-electron chi connectivity index (χ1n) is 9.92. The third-order valence-corrected chi connectivity index (χ3v) is 6.01. The number of ketones is 1. The Morgan fingerprint density at radius 1 is 1.15 bits per heavy atom. The number of Topliss-reactive ketones (excluding diaryl/α,β-unsaturated/α-hetero) is 1. The van der Waals surface area contributed by atoms with Gasteiger partial charge in [-0.15, -0.1) is 0 Å². The predicted octanol–water partition coefficient (Wildman–Crippen LogP) is 2.84. The second-order valence-electron chi connectivity index (χ2n) is 7.69. The Kier molecular flexibility index (Phi) is 5.11. The largest absolute Gasteiger partial charge is 0.387 e. The Labute approximate surface area is 156 Å². The number of rotatable bonds is 5. The maximum atomic E-state index is 12.9. The molecular formula is C22H29N3O. The zero-order valence-electron chi connectivity index (χ0n) is 15.7. The Morgan fingerprint density at radius 3 is 2.69 bits per heavy atom. The van der Waals surface area contributed by atoms with Crippen molar-refractivity contribution < 1.29 is 4.79 Å². The van der Waals surface area contributed by atoms with Gasteiger partial charge in [0.15, 0.2) is 0 Å². The highest BCUT2D eigenvalue weighted by Gasteiger charge is 2.33. The molecule has 1 saturated heterocycles. The van der Waals surface area contributed by atoms with Crippen LogP contribution in [0.25, 0.3) is 0 Å². The molecule has 1 aromatic rings. The molecule has 1 aromatic carbocycles. The zero-order valence-corrected chi connectivity index (χ0v) is 15.7. The number of hydrogen-bond acceptors (Lipinski definition) is 4. The van der Waals surface area contributed by atoms with Crippen LogP contribution in [-0.2, 0) is 4.79 Å². The third-order valence-electron chi connectivity index (χ3n) is 6.01. The van der Waals surface area contributed by atoms with Crippen LogP contribution in [0.1, 0.15) is 19.8 Å². The van der Waals surface area contributed by atoms with E-state index >= 15 is 0 Å². The first-order chi connectivity index (χ1) is 12.7. The lowest BCUT2D eigenvalue weighted by molar-refractivity contribution is -0.123. The van der Waals surface area contributed by atoms with E-state index in [9.17, 15) is 4.79 Å². The van der Waals surface area contributed by atoms with Crippen molar-refractivity contribution in [3.63, 3.8) is 0 Å². The molecule has 0 bridgehead atoms. The molecule has 2 heterocycles. The molecule has 1 fully saturated rings. The van der Waals surface area contributed by atoms with Crippen molar-refractivity contribution in [3.05, 3.63) is 53.8 Å². The average Bonchev–Trinajstić information content (AvgIpc) is 3.16. The fraction of sp³-hybridized carbons (Fsp3) is 0.500.